The maximum Gasteiger partial charge on any atom is 0.227 e. The highest BCUT2D eigenvalue weighted by Crippen LogP contribution is 2.34. The normalized spacial score (nSPS) is 18.6. The third kappa shape index (κ3) is 3.27. The van der Waals surface area contributed by atoms with E-state index in [0.29, 0.717) is 35.1 Å². The molecule has 1 unspecified atom stereocenters. The SMILES string of the molecule is CC(=O)SCC1CC(=O)N(c2cc(Cl)c(C)cc2N)C1. The van der Waals surface area contributed by atoms with Crippen molar-refractivity contribution in [1.29, 1.82) is 0 Å². The molecule has 1 aliphatic rings. The van der Waals surface area contributed by atoms with Crippen molar-refractivity contribution in [2.75, 3.05) is 22.9 Å². The largest absolute Gasteiger partial charge is 0.397 e. The van der Waals surface area contributed by atoms with Gasteiger partial charge in [-0.1, -0.05) is 23.4 Å². The molecule has 0 aromatic heterocycles. The first-order valence-electron chi connectivity index (χ1n) is 6.38. The van der Waals surface area contributed by atoms with E-state index in [-0.39, 0.29) is 16.9 Å². The summed E-state index contributed by atoms with van der Waals surface area (Å²) in [5.74, 6) is 0.874. The number of anilines is 2. The van der Waals surface area contributed by atoms with Gasteiger partial charge in [0.15, 0.2) is 5.12 Å². The zero-order valence-electron chi connectivity index (χ0n) is 11.5. The third-order valence-corrected chi connectivity index (χ3v) is 4.78. The lowest BCUT2D eigenvalue weighted by atomic mass is 10.1. The Bertz CT molecular complexity index is 562. The highest BCUT2D eigenvalue weighted by atomic mass is 35.5. The Balaban J connectivity index is 2.16. The standard InChI is InChI=1S/C14H17ClN2O2S/c1-8-3-12(16)13(5-11(8)15)17-6-10(4-14(17)19)7-20-9(2)18/h3,5,10H,4,6-7,16H2,1-2H3. The number of carbonyl (C=O) groups is 2. The Labute approximate surface area is 127 Å². The lowest BCUT2D eigenvalue weighted by molar-refractivity contribution is -0.117. The van der Waals surface area contributed by atoms with E-state index in [4.69, 9.17) is 17.3 Å². The Morgan fingerprint density at radius 1 is 1.55 bits per heavy atom. The monoisotopic (exact) mass is 312 g/mol. The van der Waals surface area contributed by atoms with E-state index < -0.39 is 0 Å². The van der Waals surface area contributed by atoms with Gasteiger partial charge in [0, 0.05) is 30.7 Å². The van der Waals surface area contributed by atoms with Crippen LogP contribution >= 0.6 is 23.4 Å². The molecule has 4 nitrogen and oxygen atoms in total. The van der Waals surface area contributed by atoms with Gasteiger partial charge in [-0.15, -0.1) is 0 Å². The maximum absolute atomic E-state index is 12.1. The summed E-state index contributed by atoms with van der Waals surface area (Å²) >= 11 is 7.37. The summed E-state index contributed by atoms with van der Waals surface area (Å²) in [6.45, 7) is 4.00. The minimum absolute atomic E-state index is 0.0331. The van der Waals surface area contributed by atoms with Crippen LogP contribution in [0, 0.1) is 12.8 Å². The molecule has 1 aliphatic heterocycles. The van der Waals surface area contributed by atoms with E-state index in [0.717, 1.165) is 5.56 Å². The van der Waals surface area contributed by atoms with Crippen molar-refractivity contribution < 1.29 is 9.59 Å². The minimum Gasteiger partial charge on any atom is -0.397 e. The number of aryl methyl sites for hydroxylation is 1. The molecule has 1 fully saturated rings. The summed E-state index contributed by atoms with van der Waals surface area (Å²) in [5.41, 5.74) is 8.10. The second kappa shape index (κ2) is 6.06. The molecule has 0 saturated carbocycles. The predicted molar refractivity (Wildman–Crippen MR) is 84.2 cm³/mol. The molecule has 0 bridgehead atoms. The van der Waals surface area contributed by atoms with Crippen LogP contribution in [-0.4, -0.2) is 23.3 Å². The fourth-order valence-corrected chi connectivity index (χ4v) is 3.14. The summed E-state index contributed by atoms with van der Waals surface area (Å²) < 4.78 is 0. The van der Waals surface area contributed by atoms with Crippen molar-refractivity contribution in [3.8, 4) is 0 Å². The summed E-state index contributed by atoms with van der Waals surface area (Å²) in [6.07, 6.45) is 0.450. The van der Waals surface area contributed by atoms with Crippen LogP contribution in [0.1, 0.15) is 18.9 Å². The molecule has 1 atom stereocenters. The highest BCUT2D eigenvalue weighted by Gasteiger charge is 2.32. The van der Waals surface area contributed by atoms with Gasteiger partial charge in [-0.25, -0.2) is 0 Å². The number of carbonyl (C=O) groups excluding carboxylic acids is 2. The quantitative estimate of drug-likeness (QED) is 0.872. The second-order valence-corrected chi connectivity index (χ2v) is 6.64. The number of halogens is 1. The van der Waals surface area contributed by atoms with Crippen molar-refractivity contribution in [3.63, 3.8) is 0 Å². The van der Waals surface area contributed by atoms with Gasteiger partial charge in [0.1, 0.15) is 0 Å². The van der Waals surface area contributed by atoms with Gasteiger partial charge < -0.3 is 10.6 Å². The van der Waals surface area contributed by atoms with Crippen molar-refractivity contribution in [3.05, 3.63) is 22.7 Å². The predicted octanol–water partition coefficient (Wildman–Crippen LogP) is 2.86. The van der Waals surface area contributed by atoms with Crippen LogP contribution in [0.25, 0.3) is 0 Å². The topological polar surface area (TPSA) is 63.4 Å². The number of benzene rings is 1. The molecule has 1 saturated heterocycles. The van der Waals surface area contributed by atoms with Crippen LogP contribution in [0.5, 0.6) is 0 Å². The number of hydrogen-bond donors (Lipinski definition) is 1. The van der Waals surface area contributed by atoms with E-state index in [1.54, 1.807) is 17.0 Å². The Hall–Kier alpha value is -1.20. The lowest BCUT2D eigenvalue weighted by Gasteiger charge is -2.19. The molecule has 0 aliphatic carbocycles. The second-order valence-electron chi connectivity index (χ2n) is 5.04. The first-order valence-corrected chi connectivity index (χ1v) is 7.74. The number of thioether (sulfide) groups is 1. The first-order chi connectivity index (χ1) is 9.38. The van der Waals surface area contributed by atoms with Crippen molar-refractivity contribution >= 4 is 45.8 Å². The van der Waals surface area contributed by atoms with Crippen LogP contribution in [0.2, 0.25) is 5.02 Å². The van der Waals surface area contributed by atoms with E-state index >= 15 is 0 Å². The molecule has 1 amide bonds. The maximum atomic E-state index is 12.1. The Morgan fingerprint density at radius 3 is 2.90 bits per heavy atom. The number of hydrogen-bond acceptors (Lipinski definition) is 4. The molecule has 1 aromatic rings. The van der Waals surface area contributed by atoms with Crippen molar-refractivity contribution in [2.24, 2.45) is 5.92 Å². The fourth-order valence-electron chi connectivity index (χ4n) is 2.29. The highest BCUT2D eigenvalue weighted by molar-refractivity contribution is 8.13. The summed E-state index contributed by atoms with van der Waals surface area (Å²) in [4.78, 5) is 24.8. The van der Waals surface area contributed by atoms with Gasteiger partial charge in [0.05, 0.1) is 11.4 Å². The third-order valence-electron chi connectivity index (χ3n) is 3.33. The molecule has 2 N–H and O–H groups in total. The molecule has 20 heavy (non-hydrogen) atoms. The average molecular weight is 313 g/mol. The summed E-state index contributed by atoms with van der Waals surface area (Å²) in [6, 6.07) is 3.52. The van der Waals surface area contributed by atoms with Crippen LogP contribution in [-0.2, 0) is 9.59 Å². The minimum atomic E-state index is 0.0331. The smallest absolute Gasteiger partial charge is 0.227 e. The molecular weight excluding hydrogens is 296 g/mol. The van der Waals surface area contributed by atoms with Gasteiger partial charge in [-0.2, -0.15) is 0 Å². The van der Waals surface area contributed by atoms with Crippen LogP contribution in [0.4, 0.5) is 11.4 Å². The van der Waals surface area contributed by atoms with Crippen molar-refractivity contribution in [2.45, 2.75) is 20.3 Å². The molecule has 1 aromatic carbocycles. The Kier molecular flexibility index (Phi) is 4.60. The number of nitrogens with two attached hydrogens (primary N) is 1. The summed E-state index contributed by atoms with van der Waals surface area (Å²) in [5, 5.41) is 0.678. The molecule has 0 radical (unpaired) electrons. The van der Waals surface area contributed by atoms with E-state index in [9.17, 15) is 9.59 Å². The van der Waals surface area contributed by atoms with E-state index in [1.807, 2.05) is 6.92 Å². The molecule has 108 valence electrons. The first kappa shape index (κ1) is 15.2. The molecule has 1 heterocycles. The number of amides is 1. The van der Waals surface area contributed by atoms with Gasteiger partial charge in [0.2, 0.25) is 5.91 Å². The zero-order valence-corrected chi connectivity index (χ0v) is 13.1. The molecule has 0 spiro atoms. The number of nitrogen functional groups attached to an aromatic ring is 1. The van der Waals surface area contributed by atoms with E-state index in [1.165, 1.54) is 18.7 Å². The van der Waals surface area contributed by atoms with Gasteiger partial charge in [-0.3, -0.25) is 9.59 Å². The van der Waals surface area contributed by atoms with Crippen LogP contribution in [0.15, 0.2) is 12.1 Å². The number of nitrogens with zero attached hydrogens (tertiary/aromatic N) is 1. The number of rotatable bonds is 3. The molecule has 6 heteroatoms. The fraction of sp³-hybridized carbons (Fsp3) is 0.429. The van der Waals surface area contributed by atoms with Crippen LogP contribution < -0.4 is 10.6 Å². The van der Waals surface area contributed by atoms with Crippen molar-refractivity contribution in [1.82, 2.24) is 0 Å². The van der Waals surface area contributed by atoms with Gasteiger partial charge >= 0.3 is 0 Å². The lowest BCUT2D eigenvalue weighted by Crippen LogP contribution is -2.25. The van der Waals surface area contributed by atoms with Crippen LogP contribution in [0.3, 0.4) is 0 Å². The Morgan fingerprint density at radius 2 is 2.25 bits per heavy atom. The average Bonchev–Trinajstić information content (AvgIpc) is 2.72. The molecular formula is C14H17ClN2O2S. The van der Waals surface area contributed by atoms with E-state index in [2.05, 4.69) is 0 Å². The molecule has 2 rings (SSSR count). The summed E-state index contributed by atoms with van der Waals surface area (Å²) in [7, 11) is 0. The van der Waals surface area contributed by atoms with Gasteiger partial charge in [0.25, 0.3) is 0 Å². The van der Waals surface area contributed by atoms with Gasteiger partial charge in [-0.05, 0) is 30.5 Å². The zero-order chi connectivity index (χ0) is 14.9.